The first-order valence-electron chi connectivity index (χ1n) is 12.9. The van der Waals surface area contributed by atoms with E-state index in [0.717, 1.165) is 47.2 Å². The van der Waals surface area contributed by atoms with Crippen molar-refractivity contribution in [1.82, 2.24) is 4.98 Å². The molecule has 3 aromatic carbocycles. The van der Waals surface area contributed by atoms with E-state index in [-0.39, 0.29) is 5.91 Å². The van der Waals surface area contributed by atoms with E-state index in [1.807, 2.05) is 48.5 Å². The second kappa shape index (κ2) is 11.6. The van der Waals surface area contributed by atoms with Crippen LogP contribution >= 0.6 is 0 Å². The van der Waals surface area contributed by atoms with E-state index in [9.17, 15) is 18.0 Å². The van der Waals surface area contributed by atoms with Crippen molar-refractivity contribution >= 4 is 33.6 Å². The maximum atomic E-state index is 13.2. The summed E-state index contributed by atoms with van der Waals surface area (Å²) in [7, 11) is 0. The van der Waals surface area contributed by atoms with Crippen molar-refractivity contribution in [3.05, 3.63) is 120 Å². The monoisotopic (exact) mass is 527 g/mol. The number of pyridine rings is 1. The second-order valence-corrected chi connectivity index (χ2v) is 9.50. The van der Waals surface area contributed by atoms with Gasteiger partial charge < -0.3 is 10.2 Å². The molecule has 1 N–H and O–H groups in total. The molecular weight excluding hydrogens is 499 g/mol. The van der Waals surface area contributed by atoms with E-state index in [2.05, 4.69) is 15.2 Å². The highest BCUT2D eigenvalue weighted by molar-refractivity contribution is 6.06. The van der Waals surface area contributed by atoms with Crippen LogP contribution < -0.4 is 10.2 Å². The second-order valence-electron chi connectivity index (χ2n) is 9.50. The normalized spacial score (nSPS) is 14.6. The number of nitrogens with zero attached hydrogens (tertiary/aromatic N) is 2. The maximum Gasteiger partial charge on any atom is 0.416 e. The first-order chi connectivity index (χ1) is 18.9. The molecule has 4 nitrogen and oxygen atoms in total. The van der Waals surface area contributed by atoms with Gasteiger partial charge >= 0.3 is 6.18 Å². The first-order valence-corrected chi connectivity index (χ1v) is 12.9. The summed E-state index contributed by atoms with van der Waals surface area (Å²) < 4.78 is 39.5. The standard InChI is InChI=1S/C32H28F3N3O/c33-32(34,35)26-14-10-23(11-15-26)28(24-12-16-27(17-13-24)38-20-2-1-3-21-38)7-5-9-31(39)37-30-8-4-6-25-22-36-19-18-29(25)30/h4-19,22H,1-3,20-21H2,(H,37,39). The van der Waals surface area contributed by atoms with Crippen LogP contribution in [0.25, 0.3) is 16.3 Å². The number of amides is 1. The molecule has 1 aromatic heterocycles. The summed E-state index contributed by atoms with van der Waals surface area (Å²) >= 11 is 0. The Bertz CT molecular complexity index is 1500. The lowest BCUT2D eigenvalue weighted by molar-refractivity contribution is -0.137. The average molecular weight is 528 g/mol. The minimum Gasteiger partial charge on any atom is -0.372 e. The van der Waals surface area contributed by atoms with Crippen molar-refractivity contribution in [2.45, 2.75) is 25.4 Å². The Labute approximate surface area is 225 Å². The van der Waals surface area contributed by atoms with E-state index >= 15 is 0 Å². The molecule has 1 fully saturated rings. The lowest BCUT2D eigenvalue weighted by Gasteiger charge is -2.29. The number of carbonyl (C=O) groups excluding carboxylic acids is 1. The predicted octanol–water partition coefficient (Wildman–Crippen LogP) is 7.87. The van der Waals surface area contributed by atoms with Crippen molar-refractivity contribution in [1.29, 1.82) is 0 Å². The lowest BCUT2D eigenvalue weighted by Crippen LogP contribution is -2.29. The van der Waals surface area contributed by atoms with Gasteiger partial charge in [-0.3, -0.25) is 9.78 Å². The molecule has 1 aliphatic heterocycles. The molecule has 1 aliphatic rings. The van der Waals surface area contributed by atoms with Crippen molar-refractivity contribution in [2.24, 2.45) is 0 Å². The summed E-state index contributed by atoms with van der Waals surface area (Å²) in [6.07, 6.45) is 7.36. The molecule has 39 heavy (non-hydrogen) atoms. The minimum absolute atomic E-state index is 0.317. The number of nitrogens with one attached hydrogen (secondary N) is 1. The number of piperidine rings is 1. The molecule has 0 spiro atoms. The van der Waals surface area contributed by atoms with Gasteiger partial charge in [-0.15, -0.1) is 0 Å². The summed E-state index contributed by atoms with van der Waals surface area (Å²) in [5.41, 5.74) is 3.29. The van der Waals surface area contributed by atoms with Gasteiger partial charge in [0.15, 0.2) is 0 Å². The number of hydrogen-bond donors (Lipinski definition) is 1. The summed E-state index contributed by atoms with van der Waals surface area (Å²) in [4.78, 5) is 19.2. The molecule has 0 radical (unpaired) electrons. The zero-order valence-electron chi connectivity index (χ0n) is 21.3. The molecule has 0 saturated carbocycles. The highest BCUT2D eigenvalue weighted by Crippen LogP contribution is 2.32. The average Bonchev–Trinajstić information content (AvgIpc) is 2.96. The van der Waals surface area contributed by atoms with Crippen LogP contribution in [0.2, 0.25) is 0 Å². The molecule has 4 aromatic rings. The molecule has 5 rings (SSSR count). The maximum absolute atomic E-state index is 13.2. The Morgan fingerprint density at radius 1 is 0.872 bits per heavy atom. The molecule has 1 amide bonds. The Kier molecular flexibility index (Phi) is 7.77. The van der Waals surface area contributed by atoms with Crippen molar-refractivity contribution < 1.29 is 18.0 Å². The number of hydrogen-bond acceptors (Lipinski definition) is 3. The molecule has 2 heterocycles. The van der Waals surface area contributed by atoms with Crippen molar-refractivity contribution in [3.8, 4) is 0 Å². The fraction of sp³-hybridized carbons (Fsp3) is 0.188. The fourth-order valence-electron chi connectivity index (χ4n) is 4.84. The van der Waals surface area contributed by atoms with Crippen LogP contribution in [0.15, 0.2) is 103 Å². The van der Waals surface area contributed by atoms with Crippen molar-refractivity contribution in [2.75, 3.05) is 23.3 Å². The van der Waals surface area contributed by atoms with E-state index in [0.29, 0.717) is 16.8 Å². The molecule has 1 saturated heterocycles. The van der Waals surface area contributed by atoms with Gasteiger partial charge in [0.25, 0.3) is 0 Å². The number of benzene rings is 3. The van der Waals surface area contributed by atoms with E-state index in [1.165, 1.54) is 37.5 Å². The van der Waals surface area contributed by atoms with Gasteiger partial charge in [-0.05, 0) is 72.4 Å². The van der Waals surface area contributed by atoms with Crippen molar-refractivity contribution in [3.63, 3.8) is 0 Å². The third kappa shape index (κ3) is 6.37. The minimum atomic E-state index is -4.41. The third-order valence-electron chi connectivity index (χ3n) is 6.87. The van der Waals surface area contributed by atoms with Crippen LogP contribution in [0, 0.1) is 0 Å². The number of fused-ring (bicyclic) bond motifs is 1. The summed E-state index contributed by atoms with van der Waals surface area (Å²) in [5, 5.41) is 4.69. The first kappa shape index (κ1) is 26.2. The Balaban J connectivity index is 1.41. The number of allylic oxidation sites excluding steroid dienone is 2. The number of halogens is 3. The van der Waals surface area contributed by atoms with Gasteiger partial charge in [-0.25, -0.2) is 0 Å². The van der Waals surface area contributed by atoms with Crippen LogP contribution in [0.3, 0.4) is 0 Å². The van der Waals surface area contributed by atoms with E-state index in [4.69, 9.17) is 0 Å². The molecule has 0 aliphatic carbocycles. The summed E-state index contributed by atoms with van der Waals surface area (Å²) in [6, 6.07) is 20.6. The predicted molar refractivity (Wildman–Crippen MR) is 151 cm³/mol. The Morgan fingerprint density at radius 3 is 2.26 bits per heavy atom. The number of rotatable bonds is 6. The van der Waals surface area contributed by atoms with E-state index in [1.54, 1.807) is 24.5 Å². The van der Waals surface area contributed by atoms with Gasteiger partial charge in [-0.1, -0.05) is 48.6 Å². The third-order valence-corrected chi connectivity index (χ3v) is 6.87. The van der Waals surface area contributed by atoms with Crippen LogP contribution in [0.5, 0.6) is 0 Å². The number of carbonyl (C=O) groups is 1. The molecule has 7 heteroatoms. The van der Waals surface area contributed by atoms with E-state index < -0.39 is 11.7 Å². The molecule has 198 valence electrons. The summed E-state index contributed by atoms with van der Waals surface area (Å²) in [6.45, 7) is 2.04. The molecular formula is C32H28F3N3O. The molecule has 0 unspecified atom stereocenters. The zero-order chi connectivity index (χ0) is 27.2. The van der Waals surface area contributed by atoms with Crippen LogP contribution in [0.1, 0.15) is 36.0 Å². The topological polar surface area (TPSA) is 45.2 Å². The SMILES string of the molecule is O=C(C=CC=C(c1ccc(N2CCCCC2)cc1)c1ccc(C(F)(F)F)cc1)Nc1cccc2cnccc12. The largest absolute Gasteiger partial charge is 0.416 e. The van der Waals surface area contributed by atoms with Gasteiger partial charge in [0.2, 0.25) is 5.91 Å². The lowest BCUT2D eigenvalue weighted by atomic mass is 9.96. The van der Waals surface area contributed by atoms with Gasteiger partial charge in [0.1, 0.15) is 0 Å². The van der Waals surface area contributed by atoms with Gasteiger partial charge in [0.05, 0.1) is 5.56 Å². The quantitative estimate of drug-likeness (QED) is 0.205. The van der Waals surface area contributed by atoms with Gasteiger partial charge in [-0.2, -0.15) is 13.2 Å². The van der Waals surface area contributed by atoms with Crippen LogP contribution in [-0.4, -0.2) is 24.0 Å². The molecule has 0 bridgehead atoms. The smallest absolute Gasteiger partial charge is 0.372 e. The van der Waals surface area contributed by atoms with Gasteiger partial charge in [0, 0.05) is 53.7 Å². The number of anilines is 2. The van der Waals surface area contributed by atoms with Crippen LogP contribution in [-0.2, 0) is 11.0 Å². The summed E-state index contributed by atoms with van der Waals surface area (Å²) in [5.74, 6) is -0.317. The number of aromatic nitrogens is 1. The number of alkyl halides is 3. The highest BCUT2D eigenvalue weighted by atomic mass is 19.4. The van der Waals surface area contributed by atoms with Crippen LogP contribution in [0.4, 0.5) is 24.5 Å². The zero-order valence-corrected chi connectivity index (χ0v) is 21.3. The highest BCUT2D eigenvalue weighted by Gasteiger charge is 2.30. The Hall–Kier alpha value is -4.39. The Morgan fingerprint density at radius 2 is 1.56 bits per heavy atom. The fourth-order valence-corrected chi connectivity index (χ4v) is 4.84. The molecule has 0 atom stereocenters.